The fourth-order valence-electron chi connectivity index (χ4n) is 5.78. The number of rotatable bonds is 4. The Morgan fingerprint density at radius 3 is 2.74 bits per heavy atom. The van der Waals surface area contributed by atoms with E-state index < -0.39 is 0 Å². The molecule has 3 aliphatic rings. The highest BCUT2D eigenvalue weighted by molar-refractivity contribution is 5.76. The molecule has 4 heteroatoms. The molecule has 1 saturated carbocycles. The number of anilines is 1. The molecule has 4 rings (SSSR count). The van der Waals surface area contributed by atoms with Gasteiger partial charge in [0.2, 0.25) is 0 Å². The lowest BCUT2D eigenvalue weighted by Crippen LogP contribution is -2.43. The normalized spacial score (nSPS) is 29.7. The summed E-state index contributed by atoms with van der Waals surface area (Å²) in [7, 11) is 0. The van der Waals surface area contributed by atoms with Gasteiger partial charge in [-0.05, 0) is 79.4 Å². The molecule has 0 aromatic heterocycles. The van der Waals surface area contributed by atoms with E-state index in [0.717, 1.165) is 29.5 Å². The first kappa shape index (κ1) is 21.7. The second-order valence-electron chi connectivity index (χ2n) is 9.64. The summed E-state index contributed by atoms with van der Waals surface area (Å²) in [5, 5.41) is 2.31. The van der Waals surface area contributed by atoms with Crippen LogP contribution in [0.4, 0.5) is 5.69 Å². The van der Waals surface area contributed by atoms with E-state index in [1.807, 2.05) is 26.0 Å². The van der Waals surface area contributed by atoms with Crippen molar-refractivity contribution in [2.24, 2.45) is 29.6 Å². The van der Waals surface area contributed by atoms with Crippen molar-refractivity contribution in [1.29, 1.82) is 0 Å². The summed E-state index contributed by atoms with van der Waals surface area (Å²) in [5.41, 5.74) is 9.46. The number of hydrogen-bond acceptors (Lipinski definition) is 4. The SMILES string of the molecule is CCOC(=O)C1CC(C(C)C)C(C2=CC=CC3OC(C)=c4cc(N)ccc4=C23)CC1C. The lowest BCUT2D eigenvalue weighted by molar-refractivity contribution is -0.152. The number of hydrogen-bond donors (Lipinski definition) is 1. The molecular formula is C27H35NO3. The van der Waals surface area contributed by atoms with E-state index in [0.29, 0.717) is 24.4 Å². The van der Waals surface area contributed by atoms with Gasteiger partial charge in [-0.25, -0.2) is 0 Å². The Bertz CT molecular complexity index is 1050. The lowest BCUT2D eigenvalue weighted by Gasteiger charge is -2.44. The topological polar surface area (TPSA) is 61.5 Å². The maximum absolute atomic E-state index is 12.6. The molecule has 4 nitrogen and oxygen atoms in total. The molecule has 31 heavy (non-hydrogen) atoms. The quantitative estimate of drug-likeness (QED) is 0.591. The van der Waals surface area contributed by atoms with Gasteiger partial charge in [-0.1, -0.05) is 39.0 Å². The minimum atomic E-state index is -0.0676. The van der Waals surface area contributed by atoms with Crippen LogP contribution < -0.4 is 16.2 Å². The predicted molar refractivity (Wildman–Crippen MR) is 125 cm³/mol. The average molecular weight is 422 g/mol. The van der Waals surface area contributed by atoms with E-state index in [1.54, 1.807) is 0 Å². The second kappa shape index (κ2) is 8.57. The van der Waals surface area contributed by atoms with Crippen LogP contribution in [-0.2, 0) is 14.3 Å². The molecule has 1 aliphatic heterocycles. The Hall–Kier alpha value is -2.49. The summed E-state index contributed by atoms with van der Waals surface area (Å²) in [6.45, 7) is 11.1. The van der Waals surface area contributed by atoms with E-state index in [9.17, 15) is 4.79 Å². The minimum absolute atomic E-state index is 0.0191. The number of nitrogen functional groups attached to an aromatic ring is 1. The number of carbonyl (C=O) groups is 1. The van der Waals surface area contributed by atoms with Crippen molar-refractivity contribution < 1.29 is 14.3 Å². The Balaban J connectivity index is 1.80. The highest BCUT2D eigenvalue weighted by atomic mass is 16.5. The molecule has 0 bridgehead atoms. The number of benzene rings is 1. The van der Waals surface area contributed by atoms with Crippen LogP contribution in [0.2, 0.25) is 0 Å². The molecule has 5 atom stereocenters. The maximum Gasteiger partial charge on any atom is 0.309 e. The van der Waals surface area contributed by atoms with Gasteiger partial charge in [0.1, 0.15) is 11.9 Å². The van der Waals surface area contributed by atoms with Crippen LogP contribution in [0.25, 0.3) is 11.3 Å². The highest BCUT2D eigenvalue weighted by Gasteiger charge is 2.43. The molecule has 0 spiro atoms. The van der Waals surface area contributed by atoms with E-state index in [-0.39, 0.29) is 23.9 Å². The van der Waals surface area contributed by atoms with Gasteiger partial charge in [-0.2, -0.15) is 0 Å². The van der Waals surface area contributed by atoms with Gasteiger partial charge in [0.05, 0.1) is 12.5 Å². The third-order valence-electron chi connectivity index (χ3n) is 7.37. The van der Waals surface area contributed by atoms with Crippen LogP contribution >= 0.6 is 0 Å². The molecule has 166 valence electrons. The molecule has 5 unspecified atom stereocenters. The third-order valence-corrected chi connectivity index (χ3v) is 7.37. The van der Waals surface area contributed by atoms with Gasteiger partial charge in [0.15, 0.2) is 0 Å². The van der Waals surface area contributed by atoms with Crippen molar-refractivity contribution in [1.82, 2.24) is 0 Å². The highest BCUT2D eigenvalue weighted by Crippen LogP contribution is 2.48. The first-order chi connectivity index (χ1) is 14.8. The van der Waals surface area contributed by atoms with Crippen molar-refractivity contribution in [3.8, 4) is 0 Å². The predicted octanol–water partition coefficient (Wildman–Crippen LogP) is 3.94. The van der Waals surface area contributed by atoms with Crippen LogP contribution in [-0.4, -0.2) is 18.7 Å². The van der Waals surface area contributed by atoms with Crippen molar-refractivity contribution in [2.45, 2.75) is 53.6 Å². The zero-order valence-corrected chi connectivity index (χ0v) is 19.4. The van der Waals surface area contributed by atoms with Crippen LogP contribution in [0.3, 0.4) is 0 Å². The van der Waals surface area contributed by atoms with Crippen LogP contribution in [0.1, 0.15) is 47.5 Å². The summed E-state index contributed by atoms with van der Waals surface area (Å²) in [6, 6.07) is 6.14. The van der Waals surface area contributed by atoms with Crippen molar-refractivity contribution in [3.63, 3.8) is 0 Å². The van der Waals surface area contributed by atoms with Crippen molar-refractivity contribution in [2.75, 3.05) is 12.3 Å². The van der Waals surface area contributed by atoms with Gasteiger partial charge in [-0.15, -0.1) is 0 Å². The van der Waals surface area contributed by atoms with Gasteiger partial charge in [0, 0.05) is 16.5 Å². The second-order valence-corrected chi connectivity index (χ2v) is 9.64. The van der Waals surface area contributed by atoms with Gasteiger partial charge >= 0.3 is 5.97 Å². The van der Waals surface area contributed by atoms with Gasteiger partial charge in [0.25, 0.3) is 0 Å². The summed E-state index contributed by atoms with van der Waals surface area (Å²) >= 11 is 0. The number of allylic oxidation sites excluding steroid dienone is 2. The van der Waals surface area contributed by atoms with Crippen LogP contribution in [0.5, 0.6) is 0 Å². The average Bonchev–Trinajstić information content (AvgIpc) is 2.73. The van der Waals surface area contributed by atoms with Crippen molar-refractivity contribution >= 4 is 23.0 Å². The Morgan fingerprint density at radius 2 is 2.03 bits per heavy atom. The molecule has 0 radical (unpaired) electrons. The van der Waals surface area contributed by atoms with E-state index in [2.05, 4.69) is 45.1 Å². The fraction of sp³-hybridized carbons (Fsp3) is 0.519. The molecule has 1 aromatic carbocycles. The zero-order valence-electron chi connectivity index (χ0n) is 19.4. The molecule has 2 aliphatic carbocycles. The third kappa shape index (κ3) is 3.93. The number of carbonyl (C=O) groups excluding carboxylic acids is 1. The lowest BCUT2D eigenvalue weighted by atomic mass is 9.61. The Morgan fingerprint density at radius 1 is 1.26 bits per heavy atom. The summed E-state index contributed by atoms with van der Waals surface area (Å²) in [6.07, 6.45) is 8.34. The molecule has 0 amide bonds. The van der Waals surface area contributed by atoms with Gasteiger partial charge in [-0.3, -0.25) is 4.79 Å². The van der Waals surface area contributed by atoms with Gasteiger partial charge < -0.3 is 15.2 Å². The molecule has 1 aromatic rings. The summed E-state index contributed by atoms with van der Waals surface area (Å²) < 4.78 is 11.7. The molecule has 0 saturated heterocycles. The Labute approximate surface area is 185 Å². The van der Waals surface area contributed by atoms with Crippen molar-refractivity contribution in [3.05, 3.63) is 52.4 Å². The number of fused-ring (bicyclic) bond motifs is 2. The first-order valence-corrected chi connectivity index (χ1v) is 11.6. The zero-order chi connectivity index (χ0) is 22.3. The summed E-state index contributed by atoms with van der Waals surface area (Å²) in [4.78, 5) is 12.6. The maximum atomic E-state index is 12.6. The van der Waals surface area contributed by atoms with E-state index >= 15 is 0 Å². The Kier molecular flexibility index (Phi) is 6.00. The number of esters is 1. The van der Waals surface area contributed by atoms with Crippen LogP contribution in [0, 0.1) is 29.6 Å². The monoisotopic (exact) mass is 421 g/mol. The minimum Gasteiger partial charge on any atom is -0.486 e. The largest absolute Gasteiger partial charge is 0.486 e. The fourth-order valence-corrected chi connectivity index (χ4v) is 5.78. The standard InChI is InChI=1S/C27H35NO3/c1-6-30-27(29)22-14-21(15(2)3)24(12-16(22)4)19-8-7-9-25-26(19)20-11-10-18(28)13-23(20)17(5)31-25/h7-11,13,15-16,21-22,24-25H,6,12,14,28H2,1-5H3. The molecular weight excluding hydrogens is 386 g/mol. The molecule has 2 N–H and O–H groups in total. The number of nitrogens with two attached hydrogens (primary N) is 1. The smallest absolute Gasteiger partial charge is 0.309 e. The first-order valence-electron chi connectivity index (χ1n) is 11.6. The van der Waals surface area contributed by atoms with E-state index in [4.69, 9.17) is 15.2 Å². The molecule has 1 fully saturated rings. The number of ether oxygens (including phenoxy) is 2. The van der Waals surface area contributed by atoms with Crippen LogP contribution in [0.15, 0.2) is 42.0 Å². The molecule has 1 heterocycles. The summed E-state index contributed by atoms with van der Waals surface area (Å²) in [5.74, 6) is 2.43. The van der Waals surface area contributed by atoms with E-state index in [1.165, 1.54) is 16.4 Å².